The predicted molar refractivity (Wildman–Crippen MR) is 95.3 cm³/mol. The van der Waals surface area contributed by atoms with E-state index in [-0.39, 0.29) is 12.5 Å². The fourth-order valence-corrected chi connectivity index (χ4v) is 2.46. The van der Waals surface area contributed by atoms with Gasteiger partial charge in [0.1, 0.15) is 12.6 Å². The van der Waals surface area contributed by atoms with Gasteiger partial charge in [0.05, 0.1) is 0 Å². The van der Waals surface area contributed by atoms with Gasteiger partial charge in [-0.15, -0.1) is 0 Å². The molecule has 0 fully saturated rings. The molecule has 1 amide bonds. The molecule has 0 saturated carbocycles. The highest BCUT2D eigenvalue weighted by Crippen LogP contribution is 2.22. The highest BCUT2D eigenvalue weighted by atomic mass is 16.6. The molecule has 0 radical (unpaired) electrons. The van der Waals surface area contributed by atoms with Crippen LogP contribution in [0.5, 0.6) is 0 Å². The minimum Gasteiger partial charge on any atom is -0.464 e. The monoisotopic (exact) mass is 355 g/mol. The number of carbonyl (C=O) groups excluding carboxylic acids is 3. The Morgan fingerprint density at radius 3 is 2.00 bits per heavy atom. The maximum absolute atomic E-state index is 12.5. The van der Waals surface area contributed by atoms with Gasteiger partial charge in [0.15, 0.2) is 6.10 Å². The fraction of sp³-hybridized carbons (Fsp3) is 0.250. The van der Waals surface area contributed by atoms with Crippen LogP contribution in [0, 0.1) is 0 Å². The number of esters is 2. The van der Waals surface area contributed by atoms with Crippen LogP contribution >= 0.6 is 0 Å². The second-order valence-electron chi connectivity index (χ2n) is 5.69. The molecule has 136 valence electrons. The summed E-state index contributed by atoms with van der Waals surface area (Å²) in [5.41, 5.74) is 1.14. The van der Waals surface area contributed by atoms with Crippen LogP contribution in [0.15, 0.2) is 60.7 Å². The number of ether oxygens (including phenoxy) is 2. The fourth-order valence-electron chi connectivity index (χ4n) is 2.46. The van der Waals surface area contributed by atoms with Gasteiger partial charge in [-0.05, 0) is 17.7 Å². The van der Waals surface area contributed by atoms with Crippen LogP contribution in [0.3, 0.4) is 0 Å². The number of hydrogen-bond acceptors (Lipinski definition) is 5. The van der Waals surface area contributed by atoms with Gasteiger partial charge in [0.25, 0.3) is 5.91 Å². The Morgan fingerprint density at radius 2 is 1.46 bits per heavy atom. The molecule has 0 aliphatic heterocycles. The Labute approximate surface area is 152 Å². The first-order valence-corrected chi connectivity index (χ1v) is 8.19. The lowest BCUT2D eigenvalue weighted by atomic mass is 10.0. The molecular weight excluding hydrogens is 334 g/mol. The third kappa shape index (κ3) is 5.73. The molecule has 2 aromatic carbocycles. The Kier molecular flexibility index (Phi) is 6.91. The van der Waals surface area contributed by atoms with Gasteiger partial charge >= 0.3 is 11.9 Å². The topological polar surface area (TPSA) is 81.7 Å². The normalized spacial score (nSPS) is 12.5. The SMILES string of the molecule is CC(=O)OC[C@H](NC(=O)c1ccccc1)[C@H](OC(C)=O)c1ccccc1. The summed E-state index contributed by atoms with van der Waals surface area (Å²) < 4.78 is 10.5. The molecule has 1 N–H and O–H groups in total. The lowest BCUT2D eigenvalue weighted by molar-refractivity contribution is -0.151. The van der Waals surface area contributed by atoms with E-state index in [0.29, 0.717) is 11.1 Å². The molecule has 26 heavy (non-hydrogen) atoms. The standard InChI is InChI=1S/C20H21NO5/c1-14(22)25-13-18(21-20(24)17-11-7-4-8-12-17)19(26-15(2)23)16-9-5-3-6-10-16/h3-12,18-19H,13H2,1-2H3,(H,21,24)/t18-,19+/m0/s1. The zero-order chi connectivity index (χ0) is 18.9. The molecule has 6 heteroatoms. The number of carbonyl (C=O) groups is 3. The molecule has 0 aliphatic carbocycles. The van der Waals surface area contributed by atoms with E-state index < -0.39 is 24.1 Å². The van der Waals surface area contributed by atoms with Crippen molar-refractivity contribution < 1.29 is 23.9 Å². The van der Waals surface area contributed by atoms with Gasteiger partial charge in [-0.3, -0.25) is 14.4 Å². The third-order valence-corrected chi connectivity index (χ3v) is 3.61. The molecule has 2 aromatic rings. The summed E-state index contributed by atoms with van der Waals surface area (Å²) in [7, 11) is 0. The Morgan fingerprint density at radius 1 is 0.885 bits per heavy atom. The molecule has 2 rings (SSSR count). The maximum atomic E-state index is 12.5. The van der Waals surface area contributed by atoms with Crippen molar-refractivity contribution in [3.8, 4) is 0 Å². The van der Waals surface area contributed by atoms with Crippen molar-refractivity contribution in [1.82, 2.24) is 5.32 Å². The summed E-state index contributed by atoms with van der Waals surface area (Å²) >= 11 is 0. The number of hydrogen-bond donors (Lipinski definition) is 1. The van der Waals surface area contributed by atoms with Gasteiger partial charge < -0.3 is 14.8 Å². The van der Waals surface area contributed by atoms with Crippen molar-refractivity contribution in [3.63, 3.8) is 0 Å². The van der Waals surface area contributed by atoms with Crippen LogP contribution in [0.25, 0.3) is 0 Å². The number of benzene rings is 2. The molecule has 6 nitrogen and oxygen atoms in total. The molecule has 0 aliphatic rings. The minimum atomic E-state index is -0.791. The van der Waals surface area contributed by atoms with Gasteiger partial charge in [-0.2, -0.15) is 0 Å². The summed E-state index contributed by atoms with van der Waals surface area (Å²) in [5, 5.41) is 2.80. The second-order valence-corrected chi connectivity index (χ2v) is 5.69. The molecule has 0 heterocycles. The van der Waals surface area contributed by atoms with Gasteiger partial charge in [0, 0.05) is 19.4 Å². The number of amides is 1. The van der Waals surface area contributed by atoms with E-state index in [9.17, 15) is 14.4 Å². The zero-order valence-electron chi connectivity index (χ0n) is 14.7. The molecule has 2 atom stereocenters. The van der Waals surface area contributed by atoms with E-state index in [0.717, 1.165) is 0 Å². The van der Waals surface area contributed by atoms with Crippen molar-refractivity contribution in [3.05, 3.63) is 71.8 Å². The summed E-state index contributed by atoms with van der Waals surface area (Å²) in [6.07, 6.45) is -0.791. The first-order valence-electron chi connectivity index (χ1n) is 8.19. The van der Waals surface area contributed by atoms with E-state index in [1.165, 1.54) is 13.8 Å². The van der Waals surface area contributed by atoms with Crippen LogP contribution < -0.4 is 5.32 Å². The lowest BCUT2D eigenvalue weighted by Gasteiger charge is -2.27. The van der Waals surface area contributed by atoms with Gasteiger partial charge in [-0.25, -0.2) is 0 Å². The van der Waals surface area contributed by atoms with Crippen LogP contribution in [-0.2, 0) is 19.1 Å². The Bertz CT molecular complexity index is 745. The highest BCUT2D eigenvalue weighted by molar-refractivity contribution is 5.94. The number of rotatable bonds is 7. The van der Waals surface area contributed by atoms with Crippen LogP contribution in [0.1, 0.15) is 35.9 Å². The highest BCUT2D eigenvalue weighted by Gasteiger charge is 2.29. The molecule has 0 unspecified atom stereocenters. The average Bonchev–Trinajstić information content (AvgIpc) is 2.64. The molecular formula is C20H21NO5. The van der Waals surface area contributed by atoms with E-state index in [4.69, 9.17) is 9.47 Å². The van der Waals surface area contributed by atoms with Gasteiger partial charge in [-0.1, -0.05) is 48.5 Å². The van der Waals surface area contributed by atoms with E-state index in [1.54, 1.807) is 54.6 Å². The lowest BCUT2D eigenvalue weighted by Crippen LogP contribution is -2.44. The zero-order valence-corrected chi connectivity index (χ0v) is 14.7. The predicted octanol–water partition coefficient (Wildman–Crippen LogP) is 2.65. The second kappa shape index (κ2) is 9.36. The van der Waals surface area contributed by atoms with E-state index in [2.05, 4.69) is 5.32 Å². The van der Waals surface area contributed by atoms with E-state index >= 15 is 0 Å². The largest absolute Gasteiger partial charge is 0.464 e. The first kappa shape index (κ1) is 19.2. The smallest absolute Gasteiger partial charge is 0.303 e. The van der Waals surface area contributed by atoms with Crippen molar-refractivity contribution in [2.75, 3.05) is 6.61 Å². The summed E-state index contributed by atoms with van der Waals surface area (Å²) in [6.45, 7) is 2.44. The van der Waals surface area contributed by atoms with E-state index in [1.807, 2.05) is 6.07 Å². The average molecular weight is 355 g/mol. The maximum Gasteiger partial charge on any atom is 0.303 e. The number of nitrogens with one attached hydrogen (secondary N) is 1. The molecule has 0 spiro atoms. The summed E-state index contributed by atoms with van der Waals surface area (Å²) in [4.78, 5) is 35.4. The van der Waals surface area contributed by atoms with Crippen molar-refractivity contribution in [2.24, 2.45) is 0 Å². The summed E-state index contributed by atoms with van der Waals surface area (Å²) in [5.74, 6) is -1.34. The summed E-state index contributed by atoms with van der Waals surface area (Å²) in [6, 6.07) is 16.9. The molecule has 0 saturated heterocycles. The van der Waals surface area contributed by atoms with Crippen molar-refractivity contribution >= 4 is 17.8 Å². The third-order valence-electron chi connectivity index (χ3n) is 3.61. The first-order chi connectivity index (χ1) is 12.5. The van der Waals surface area contributed by atoms with Crippen LogP contribution in [0.4, 0.5) is 0 Å². The van der Waals surface area contributed by atoms with Crippen LogP contribution in [0.2, 0.25) is 0 Å². The van der Waals surface area contributed by atoms with Crippen molar-refractivity contribution in [1.29, 1.82) is 0 Å². The van der Waals surface area contributed by atoms with Gasteiger partial charge in [0.2, 0.25) is 0 Å². The molecule has 0 bridgehead atoms. The quantitative estimate of drug-likeness (QED) is 0.772. The van der Waals surface area contributed by atoms with Crippen LogP contribution in [-0.4, -0.2) is 30.5 Å². The molecule has 0 aromatic heterocycles. The minimum absolute atomic E-state index is 0.124. The Hall–Kier alpha value is -3.15. The Balaban J connectivity index is 2.28. The van der Waals surface area contributed by atoms with Crippen molar-refractivity contribution in [2.45, 2.75) is 26.0 Å².